The number of methoxy groups -OCH3 is 1. The third-order valence-corrected chi connectivity index (χ3v) is 7.24. The fourth-order valence-corrected chi connectivity index (χ4v) is 5.20. The first-order chi connectivity index (χ1) is 16.9. The summed E-state index contributed by atoms with van der Waals surface area (Å²) in [7, 11) is 5.47. The Morgan fingerprint density at radius 2 is 1.86 bits per heavy atom. The van der Waals surface area contributed by atoms with Gasteiger partial charge < -0.3 is 14.1 Å². The van der Waals surface area contributed by atoms with Crippen LogP contribution in [-0.4, -0.2) is 50.1 Å². The number of fused-ring (bicyclic) bond motifs is 4. The summed E-state index contributed by atoms with van der Waals surface area (Å²) in [6.07, 6.45) is 0. The number of thiazole rings is 1. The quantitative estimate of drug-likeness (QED) is 0.246. The molecule has 1 amide bonds. The first-order valence-corrected chi connectivity index (χ1v) is 12.1. The van der Waals surface area contributed by atoms with Gasteiger partial charge in [0.2, 0.25) is 0 Å². The standard InChI is InChI=1S/C27H25N3O4S/c1-16-9-11-22(33-4)23-24(16)35-27(28-23)30(14-13-29(2)3)25(31)20-15-19-18-8-6-5-7-17(18)10-12-21(19)34-26(20)32/h5-12,15H,13-14H2,1-4H3. The van der Waals surface area contributed by atoms with Crippen molar-refractivity contribution >= 4 is 54.3 Å². The van der Waals surface area contributed by atoms with Crippen LogP contribution in [0.15, 0.2) is 63.8 Å². The molecule has 35 heavy (non-hydrogen) atoms. The summed E-state index contributed by atoms with van der Waals surface area (Å²) in [5.41, 5.74) is 1.51. The lowest BCUT2D eigenvalue weighted by molar-refractivity contribution is 0.0982. The molecule has 2 aromatic heterocycles. The lowest BCUT2D eigenvalue weighted by atomic mass is 10.0. The molecule has 0 fully saturated rings. The van der Waals surface area contributed by atoms with Gasteiger partial charge in [0.1, 0.15) is 22.4 Å². The van der Waals surface area contributed by atoms with E-state index in [1.807, 2.05) is 68.4 Å². The van der Waals surface area contributed by atoms with E-state index in [0.717, 1.165) is 26.4 Å². The molecule has 5 aromatic rings. The van der Waals surface area contributed by atoms with Crippen LogP contribution in [0.4, 0.5) is 5.13 Å². The van der Waals surface area contributed by atoms with E-state index < -0.39 is 11.5 Å². The van der Waals surface area contributed by atoms with Crippen molar-refractivity contribution in [3.63, 3.8) is 0 Å². The number of ether oxygens (including phenoxy) is 1. The summed E-state index contributed by atoms with van der Waals surface area (Å²) >= 11 is 1.41. The normalized spacial score (nSPS) is 11.6. The minimum atomic E-state index is -0.664. The van der Waals surface area contributed by atoms with E-state index in [2.05, 4.69) is 0 Å². The maximum absolute atomic E-state index is 13.9. The Labute approximate surface area is 206 Å². The number of rotatable bonds is 6. The molecule has 0 radical (unpaired) electrons. The molecule has 0 atom stereocenters. The van der Waals surface area contributed by atoms with Gasteiger partial charge in [0.15, 0.2) is 5.13 Å². The Bertz CT molecular complexity index is 1640. The molecule has 0 spiro atoms. The van der Waals surface area contributed by atoms with Gasteiger partial charge in [-0.15, -0.1) is 0 Å². The largest absolute Gasteiger partial charge is 0.494 e. The van der Waals surface area contributed by atoms with Gasteiger partial charge in [-0.1, -0.05) is 47.7 Å². The van der Waals surface area contributed by atoms with Gasteiger partial charge >= 0.3 is 5.63 Å². The number of carbonyl (C=O) groups is 1. The molecule has 0 unspecified atom stereocenters. The number of hydrogen-bond acceptors (Lipinski definition) is 7. The summed E-state index contributed by atoms with van der Waals surface area (Å²) < 4.78 is 12.0. The molecule has 0 aliphatic rings. The average Bonchev–Trinajstić information content (AvgIpc) is 3.29. The highest BCUT2D eigenvalue weighted by Gasteiger charge is 2.26. The van der Waals surface area contributed by atoms with Gasteiger partial charge in [-0.3, -0.25) is 9.69 Å². The molecule has 0 saturated heterocycles. The van der Waals surface area contributed by atoms with Crippen LogP contribution >= 0.6 is 11.3 Å². The summed E-state index contributed by atoms with van der Waals surface area (Å²) in [6.45, 7) is 2.96. The molecule has 0 aliphatic heterocycles. The molecule has 0 aliphatic carbocycles. The Balaban J connectivity index is 1.66. The Hall–Kier alpha value is -3.75. The van der Waals surface area contributed by atoms with Crippen LogP contribution < -0.4 is 15.3 Å². The van der Waals surface area contributed by atoms with Gasteiger partial charge in [0.25, 0.3) is 5.91 Å². The molecule has 0 bridgehead atoms. The molecular formula is C27H25N3O4S. The van der Waals surface area contributed by atoms with Crippen molar-refractivity contribution < 1.29 is 13.9 Å². The lowest BCUT2D eigenvalue weighted by Crippen LogP contribution is -2.38. The van der Waals surface area contributed by atoms with Gasteiger partial charge in [-0.2, -0.15) is 0 Å². The van der Waals surface area contributed by atoms with Gasteiger partial charge in [-0.25, -0.2) is 9.78 Å². The van der Waals surface area contributed by atoms with E-state index in [1.54, 1.807) is 24.1 Å². The second-order valence-electron chi connectivity index (χ2n) is 8.66. The second kappa shape index (κ2) is 9.13. The zero-order valence-corrected chi connectivity index (χ0v) is 20.8. The van der Waals surface area contributed by atoms with Crippen LogP contribution in [0.25, 0.3) is 32.0 Å². The highest BCUT2D eigenvalue weighted by atomic mass is 32.1. The number of anilines is 1. The monoisotopic (exact) mass is 487 g/mol. The summed E-state index contributed by atoms with van der Waals surface area (Å²) in [5, 5.41) is 3.16. The molecule has 0 N–H and O–H groups in total. The summed E-state index contributed by atoms with van der Waals surface area (Å²) in [4.78, 5) is 35.1. The predicted octanol–water partition coefficient (Wildman–Crippen LogP) is 5.08. The molecule has 5 rings (SSSR count). The zero-order chi connectivity index (χ0) is 24.7. The molecule has 8 heteroatoms. The first-order valence-electron chi connectivity index (χ1n) is 11.2. The minimum absolute atomic E-state index is 0.0180. The number of nitrogens with zero attached hydrogens (tertiary/aromatic N) is 3. The van der Waals surface area contributed by atoms with Crippen LogP contribution in [0.3, 0.4) is 0 Å². The number of benzene rings is 3. The fraction of sp³-hybridized carbons (Fsp3) is 0.222. The van der Waals surface area contributed by atoms with Crippen LogP contribution in [0.2, 0.25) is 0 Å². The van der Waals surface area contributed by atoms with Crippen molar-refractivity contribution in [1.82, 2.24) is 9.88 Å². The van der Waals surface area contributed by atoms with Gasteiger partial charge in [-0.05, 0) is 55.6 Å². The molecule has 7 nitrogen and oxygen atoms in total. The van der Waals surface area contributed by atoms with Crippen LogP contribution in [0.1, 0.15) is 15.9 Å². The van der Waals surface area contributed by atoms with Crippen LogP contribution in [0.5, 0.6) is 5.75 Å². The Morgan fingerprint density at radius 3 is 2.63 bits per heavy atom. The van der Waals surface area contributed by atoms with E-state index in [-0.39, 0.29) is 5.56 Å². The molecule has 178 valence electrons. The number of carbonyl (C=O) groups excluding carboxylic acids is 1. The van der Waals surface area contributed by atoms with Crippen molar-refractivity contribution in [3.05, 3.63) is 76.1 Å². The smallest absolute Gasteiger partial charge is 0.349 e. The molecule has 2 heterocycles. The minimum Gasteiger partial charge on any atom is -0.494 e. The van der Waals surface area contributed by atoms with Crippen molar-refractivity contribution in [2.45, 2.75) is 6.92 Å². The Kier molecular flexibility index (Phi) is 6.00. The molecular weight excluding hydrogens is 462 g/mol. The first kappa shape index (κ1) is 23.0. The van der Waals surface area contributed by atoms with Gasteiger partial charge in [0.05, 0.1) is 11.8 Å². The van der Waals surface area contributed by atoms with Crippen molar-refractivity contribution in [2.75, 3.05) is 39.2 Å². The summed E-state index contributed by atoms with van der Waals surface area (Å²) in [6, 6.07) is 17.0. The third-order valence-electron chi connectivity index (χ3n) is 6.03. The van der Waals surface area contributed by atoms with Crippen molar-refractivity contribution in [3.8, 4) is 5.75 Å². The van der Waals surface area contributed by atoms with E-state index in [0.29, 0.717) is 35.1 Å². The lowest BCUT2D eigenvalue weighted by Gasteiger charge is -2.21. The van der Waals surface area contributed by atoms with E-state index in [4.69, 9.17) is 14.1 Å². The number of likely N-dealkylation sites (N-methyl/N-ethyl adjacent to an activating group) is 1. The fourth-order valence-electron chi connectivity index (χ4n) is 4.13. The maximum Gasteiger partial charge on any atom is 0.349 e. The second-order valence-corrected chi connectivity index (χ2v) is 9.64. The van der Waals surface area contributed by atoms with Crippen LogP contribution in [0, 0.1) is 6.92 Å². The number of aromatic nitrogens is 1. The maximum atomic E-state index is 13.9. The predicted molar refractivity (Wildman–Crippen MR) is 141 cm³/mol. The highest BCUT2D eigenvalue weighted by Crippen LogP contribution is 2.37. The van der Waals surface area contributed by atoms with Crippen LogP contribution in [-0.2, 0) is 0 Å². The zero-order valence-electron chi connectivity index (χ0n) is 20.0. The number of amides is 1. The molecule has 3 aromatic carbocycles. The highest BCUT2D eigenvalue weighted by molar-refractivity contribution is 7.22. The number of aryl methyl sites for hydroxylation is 1. The van der Waals surface area contributed by atoms with E-state index >= 15 is 0 Å². The van der Waals surface area contributed by atoms with E-state index in [1.165, 1.54) is 11.3 Å². The number of hydrogen-bond donors (Lipinski definition) is 0. The SMILES string of the molecule is COc1ccc(C)c2sc(N(CCN(C)C)C(=O)c3cc4c(ccc5ccccc54)oc3=O)nc12. The Morgan fingerprint density at radius 1 is 1.06 bits per heavy atom. The topological polar surface area (TPSA) is 75.9 Å². The average molecular weight is 488 g/mol. The summed E-state index contributed by atoms with van der Waals surface area (Å²) in [5.74, 6) is 0.205. The molecule has 0 saturated carbocycles. The van der Waals surface area contributed by atoms with E-state index in [9.17, 15) is 9.59 Å². The van der Waals surface area contributed by atoms with Gasteiger partial charge in [0, 0.05) is 18.5 Å². The third kappa shape index (κ3) is 4.15. The van der Waals surface area contributed by atoms with Crippen molar-refractivity contribution in [2.24, 2.45) is 0 Å². The van der Waals surface area contributed by atoms with Crippen molar-refractivity contribution in [1.29, 1.82) is 0 Å².